The minimum Gasteiger partial charge on any atom is -0.325 e. The molecule has 0 saturated carbocycles. The summed E-state index contributed by atoms with van der Waals surface area (Å²) in [5, 5.41) is 12.4. The Bertz CT molecular complexity index is 985. The van der Waals surface area contributed by atoms with Gasteiger partial charge in [0.05, 0.1) is 25.0 Å². The molecule has 0 spiro atoms. The summed E-state index contributed by atoms with van der Waals surface area (Å²) in [7, 11) is 0. The van der Waals surface area contributed by atoms with Crippen LogP contribution >= 0.6 is 0 Å². The third kappa shape index (κ3) is 2.11. The molecule has 1 aliphatic heterocycles. The molecular weight excluding hydrogens is 304 g/mol. The summed E-state index contributed by atoms with van der Waals surface area (Å²) in [5.74, 6) is 0.868. The third-order valence-electron chi connectivity index (χ3n) is 4.31. The topological polar surface area (TPSA) is 77.9 Å². The molecular formula is C16H16N8. The molecule has 0 saturated heterocycles. The van der Waals surface area contributed by atoms with Crippen LogP contribution in [0.25, 0.3) is 17.2 Å². The van der Waals surface area contributed by atoms with Crippen molar-refractivity contribution in [2.45, 2.75) is 19.6 Å². The summed E-state index contributed by atoms with van der Waals surface area (Å²) in [5.41, 5.74) is 4.03. The quantitative estimate of drug-likeness (QED) is 0.608. The van der Waals surface area contributed by atoms with Crippen molar-refractivity contribution in [3.8, 4) is 11.5 Å². The van der Waals surface area contributed by atoms with Crippen molar-refractivity contribution in [2.24, 2.45) is 0 Å². The van der Waals surface area contributed by atoms with Gasteiger partial charge in [0.15, 0.2) is 11.5 Å². The molecule has 1 N–H and O–H groups in total. The van der Waals surface area contributed by atoms with E-state index in [1.807, 2.05) is 30.9 Å². The van der Waals surface area contributed by atoms with E-state index in [2.05, 4.69) is 35.7 Å². The highest BCUT2D eigenvalue weighted by Crippen LogP contribution is 2.20. The summed E-state index contributed by atoms with van der Waals surface area (Å²) in [6, 6.07) is 3.98. The molecule has 8 heteroatoms. The van der Waals surface area contributed by atoms with E-state index in [0.29, 0.717) is 6.54 Å². The predicted octanol–water partition coefficient (Wildman–Crippen LogP) is 0.941. The molecule has 0 aromatic carbocycles. The number of aromatic nitrogens is 7. The second-order valence-corrected chi connectivity index (χ2v) is 5.86. The number of nitrogens with one attached hydrogen (secondary N) is 1. The fourth-order valence-electron chi connectivity index (χ4n) is 3.14. The van der Waals surface area contributed by atoms with Gasteiger partial charge in [-0.05, 0) is 12.1 Å². The summed E-state index contributed by atoms with van der Waals surface area (Å²) < 4.78 is 5.93. The van der Waals surface area contributed by atoms with Gasteiger partial charge in [-0.3, -0.25) is 4.68 Å². The largest absolute Gasteiger partial charge is 0.325 e. The van der Waals surface area contributed by atoms with E-state index >= 15 is 0 Å². The van der Waals surface area contributed by atoms with Crippen LogP contribution in [0.1, 0.15) is 11.3 Å². The van der Waals surface area contributed by atoms with Gasteiger partial charge in [-0.25, -0.2) is 14.5 Å². The molecule has 4 aromatic heterocycles. The van der Waals surface area contributed by atoms with Crippen LogP contribution in [0.3, 0.4) is 0 Å². The minimum absolute atomic E-state index is 0.663. The molecule has 5 rings (SSSR count). The second kappa shape index (κ2) is 5.27. The Labute approximate surface area is 137 Å². The summed E-state index contributed by atoms with van der Waals surface area (Å²) in [6.07, 6.45) is 9.32. The molecule has 0 atom stereocenters. The van der Waals surface area contributed by atoms with Crippen LogP contribution < -0.4 is 5.32 Å². The van der Waals surface area contributed by atoms with Crippen molar-refractivity contribution in [3.63, 3.8) is 0 Å². The molecule has 4 aromatic rings. The van der Waals surface area contributed by atoms with Crippen molar-refractivity contribution >= 4 is 5.65 Å². The highest BCUT2D eigenvalue weighted by atomic mass is 15.3. The fourth-order valence-corrected chi connectivity index (χ4v) is 3.14. The molecule has 0 aliphatic carbocycles. The van der Waals surface area contributed by atoms with Crippen LogP contribution in [0.2, 0.25) is 0 Å². The van der Waals surface area contributed by atoms with E-state index in [9.17, 15) is 0 Å². The van der Waals surface area contributed by atoms with E-state index in [1.54, 1.807) is 10.7 Å². The molecule has 120 valence electrons. The Hall–Kier alpha value is -3.00. The van der Waals surface area contributed by atoms with Gasteiger partial charge in [-0.2, -0.15) is 10.2 Å². The number of hydrogen-bond acceptors (Lipinski definition) is 5. The highest BCUT2D eigenvalue weighted by Gasteiger charge is 2.17. The first-order valence-electron chi connectivity index (χ1n) is 7.95. The van der Waals surface area contributed by atoms with Gasteiger partial charge in [0.2, 0.25) is 0 Å². The Morgan fingerprint density at radius 3 is 3.12 bits per heavy atom. The average molecular weight is 320 g/mol. The monoisotopic (exact) mass is 320 g/mol. The van der Waals surface area contributed by atoms with Crippen molar-refractivity contribution in [3.05, 3.63) is 54.4 Å². The van der Waals surface area contributed by atoms with Gasteiger partial charge >= 0.3 is 0 Å². The van der Waals surface area contributed by atoms with Gasteiger partial charge < -0.3 is 9.88 Å². The second-order valence-electron chi connectivity index (χ2n) is 5.86. The molecule has 1 aliphatic rings. The lowest BCUT2D eigenvalue weighted by molar-refractivity contribution is 0.476. The number of fused-ring (bicyclic) bond motifs is 2. The van der Waals surface area contributed by atoms with Crippen LogP contribution in [-0.4, -0.2) is 40.5 Å². The van der Waals surface area contributed by atoms with Crippen LogP contribution in [0.15, 0.2) is 43.1 Å². The van der Waals surface area contributed by atoms with Crippen molar-refractivity contribution in [2.75, 3.05) is 6.54 Å². The lowest BCUT2D eigenvalue weighted by Crippen LogP contribution is -2.28. The van der Waals surface area contributed by atoms with Gasteiger partial charge in [0.25, 0.3) is 0 Å². The van der Waals surface area contributed by atoms with Crippen LogP contribution in [0.4, 0.5) is 0 Å². The molecule has 5 heterocycles. The first-order chi connectivity index (χ1) is 11.9. The number of imidazole rings is 1. The summed E-state index contributed by atoms with van der Waals surface area (Å²) in [6.45, 7) is 3.37. The lowest BCUT2D eigenvalue weighted by atomic mass is 10.3. The maximum absolute atomic E-state index is 4.70. The molecule has 0 amide bonds. The Morgan fingerprint density at radius 2 is 2.17 bits per heavy atom. The number of hydrogen-bond donors (Lipinski definition) is 1. The number of rotatable bonds is 3. The molecule has 24 heavy (non-hydrogen) atoms. The zero-order chi connectivity index (χ0) is 15.9. The highest BCUT2D eigenvalue weighted by molar-refractivity contribution is 5.52. The fraction of sp³-hybridized carbons (Fsp3) is 0.250. The average Bonchev–Trinajstić information content (AvgIpc) is 3.33. The molecule has 0 fully saturated rings. The lowest BCUT2D eigenvalue weighted by Gasteiger charge is -2.13. The van der Waals surface area contributed by atoms with Crippen molar-refractivity contribution in [1.29, 1.82) is 0 Å². The normalized spacial score (nSPS) is 14.2. The maximum Gasteiger partial charge on any atom is 0.160 e. The standard InChI is InChI=1S/C16H16N8/c1-2-18-15-12(9-20-24(15)5-1)11-22-6-4-19-16(22)14-8-13-10-17-3-7-23(13)21-14/h1-2,4-6,8-9,17H,3,7,10-11H2. The Kier molecular flexibility index (Phi) is 2.95. The van der Waals surface area contributed by atoms with Gasteiger partial charge in [0.1, 0.15) is 5.69 Å². The van der Waals surface area contributed by atoms with Crippen LogP contribution in [0.5, 0.6) is 0 Å². The van der Waals surface area contributed by atoms with Gasteiger partial charge in [-0.1, -0.05) is 0 Å². The van der Waals surface area contributed by atoms with E-state index in [4.69, 9.17) is 5.10 Å². The maximum atomic E-state index is 4.70. The first kappa shape index (κ1) is 13.4. The minimum atomic E-state index is 0.663. The first-order valence-corrected chi connectivity index (χ1v) is 7.95. The third-order valence-corrected chi connectivity index (χ3v) is 4.31. The Morgan fingerprint density at radius 1 is 1.17 bits per heavy atom. The van der Waals surface area contributed by atoms with E-state index < -0.39 is 0 Å². The number of nitrogens with zero attached hydrogens (tertiary/aromatic N) is 7. The zero-order valence-corrected chi connectivity index (χ0v) is 13.0. The van der Waals surface area contributed by atoms with Crippen molar-refractivity contribution < 1.29 is 0 Å². The Balaban J connectivity index is 1.52. The zero-order valence-electron chi connectivity index (χ0n) is 13.0. The predicted molar refractivity (Wildman–Crippen MR) is 87.2 cm³/mol. The van der Waals surface area contributed by atoms with Gasteiger partial charge in [0, 0.05) is 43.4 Å². The summed E-state index contributed by atoms with van der Waals surface area (Å²) >= 11 is 0. The van der Waals surface area contributed by atoms with Crippen LogP contribution in [-0.2, 0) is 19.6 Å². The molecule has 0 radical (unpaired) electrons. The van der Waals surface area contributed by atoms with Crippen LogP contribution in [0, 0.1) is 0 Å². The van der Waals surface area contributed by atoms with E-state index in [0.717, 1.165) is 42.4 Å². The van der Waals surface area contributed by atoms with Gasteiger partial charge in [-0.15, -0.1) is 0 Å². The van der Waals surface area contributed by atoms with E-state index in [1.165, 1.54) is 5.69 Å². The van der Waals surface area contributed by atoms with Crippen molar-refractivity contribution in [1.82, 2.24) is 39.2 Å². The molecule has 8 nitrogen and oxygen atoms in total. The molecule has 0 bridgehead atoms. The SMILES string of the molecule is c1cnc2c(Cn3ccnc3-c3cc4n(n3)CCNC4)cnn2c1. The van der Waals surface area contributed by atoms with E-state index in [-0.39, 0.29) is 0 Å². The molecule has 0 unspecified atom stereocenters. The summed E-state index contributed by atoms with van der Waals surface area (Å²) in [4.78, 5) is 8.93. The smallest absolute Gasteiger partial charge is 0.160 e.